The predicted molar refractivity (Wildman–Crippen MR) is 68.5 cm³/mol. The third-order valence-electron chi connectivity index (χ3n) is 1.60. The van der Waals surface area contributed by atoms with Gasteiger partial charge >= 0.3 is 0 Å². The molecule has 0 atom stereocenters. The van der Waals surface area contributed by atoms with E-state index in [1.165, 1.54) is 0 Å². The summed E-state index contributed by atoms with van der Waals surface area (Å²) in [7, 11) is 0. The molecule has 1 rings (SSSR count). The first-order valence-corrected chi connectivity index (χ1v) is 7.13. The lowest BCUT2D eigenvalue weighted by molar-refractivity contribution is 0.974. The van der Waals surface area contributed by atoms with Crippen molar-refractivity contribution in [2.75, 3.05) is 17.2 Å². The molecule has 0 spiro atoms. The second-order valence-corrected chi connectivity index (χ2v) is 5.33. The lowest BCUT2D eigenvalue weighted by atomic mass is 10.6. The molecule has 0 aliphatic rings. The average molecular weight is 243 g/mol. The van der Waals surface area contributed by atoms with E-state index in [0.29, 0.717) is 5.95 Å². The van der Waals surface area contributed by atoms with Crippen LogP contribution in [0.15, 0.2) is 16.1 Å². The van der Waals surface area contributed by atoms with E-state index < -0.39 is 0 Å². The molecular weight excluding hydrogens is 226 g/mol. The van der Waals surface area contributed by atoms with Crippen molar-refractivity contribution in [3.8, 4) is 0 Å². The van der Waals surface area contributed by atoms with Gasteiger partial charge in [-0.25, -0.2) is 9.97 Å². The molecule has 0 aliphatic heterocycles. The van der Waals surface area contributed by atoms with Gasteiger partial charge in [0.1, 0.15) is 10.1 Å². The summed E-state index contributed by atoms with van der Waals surface area (Å²) in [6, 6.07) is 2.02. The normalized spacial score (nSPS) is 10.5. The summed E-state index contributed by atoms with van der Waals surface area (Å²) in [4.78, 5) is 8.39. The van der Waals surface area contributed by atoms with Crippen molar-refractivity contribution < 1.29 is 0 Å². The van der Waals surface area contributed by atoms with Crippen LogP contribution in [0.5, 0.6) is 0 Å². The Bertz CT molecular complexity index is 278. The highest BCUT2D eigenvalue weighted by Gasteiger charge is 2.02. The summed E-state index contributed by atoms with van der Waals surface area (Å²) in [5, 5.41) is 1.98. The van der Waals surface area contributed by atoms with Crippen molar-refractivity contribution in [1.82, 2.24) is 9.97 Å². The maximum atomic E-state index is 5.65. The molecule has 15 heavy (non-hydrogen) atoms. The van der Waals surface area contributed by atoms with Gasteiger partial charge < -0.3 is 5.73 Å². The topological polar surface area (TPSA) is 51.8 Å². The van der Waals surface area contributed by atoms with Gasteiger partial charge in [0.15, 0.2) is 0 Å². The zero-order chi connectivity index (χ0) is 11.1. The van der Waals surface area contributed by atoms with Gasteiger partial charge in [-0.1, -0.05) is 13.8 Å². The second-order valence-electron chi connectivity index (χ2n) is 3.10. The number of nitrogen functional groups attached to an aromatic ring is 1. The van der Waals surface area contributed by atoms with Crippen LogP contribution in [0.2, 0.25) is 0 Å². The largest absolute Gasteiger partial charge is 0.368 e. The summed E-state index contributed by atoms with van der Waals surface area (Å²) in [6.07, 6.45) is 2.29. The van der Waals surface area contributed by atoms with Crippen molar-refractivity contribution in [2.45, 2.75) is 36.7 Å². The van der Waals surface area contributed by atoms with Crippen molar-refractivity contribution >= 4 is 29.5 Å². The Balaban J connectivity index is 2.66. The lowest BCUT2D eigenvalue weighted by Crippen LogP contribution is -1.97. The number of hydrogen-bond acceptors (Lipinski definition) is 5. The highest BCUT2D eigenvalue weighted by atomic mass is 32.2. The van der Waals surface area contributed by atoms with Gasteiger partial charge in [-0.15, -0.1) is 23.5 Å². The molecule has 0 unspecified atom stereocenters. The molecule has 0 aromatic carbocycles. The van der Waals surface area contributed by atoms with Crippen LogP contribution in [0, 0.1) is 0 Å². The molecule has 84 valence electrons. The van der Waals surface area contributed by atoms with Crippen LogP contribution in [0.25, 0.3) is 0 Å². The molecular formula is C10H17N3S2. The molecule has 1 aromatic rings. The van der Waals surface area contributed by atoms with Crippen molar-refractivity contribution in [1.29, 1.82) is 0 Å². The number of nitrogens with two attached hydrogens (primary N) is 1. The van der Waals surface area contributed by atoms with E-state index in [9.17, 15) is 0 Å². The average Bonchev–Trinajstić information content (AvgIpc) is 2.23. The summed E-state index contributed by atoms with van der Waals surface area (Å²) in [5.74, 6) is 2.54. The molecule has 3 nitrogen and oxygen atoms in total. The van der Waals surface area contributed by atoms with Crippen LogP contribution < -0.4 is 5.73 Å². The van der Waals surface area contributed by atoms with E-state index in [1.54, 1.807) is 23.5 Å². The molecule has 1 aromatic heterocycles. The molecule has 2 N–H and O–H groups in total. The van der Waals surface area contributed by atoms with Crippen molar-refractivity contribution in [2.24, 2.45) is 0 Å². The number of thioether (sulfide) groups is 2. The van der Waals surface area contributed by atoms with Crippen molar-refractivity contribution in [3.05, 3.63) is 6.07 Å². The van der Waals surface area contributed by atoms with E-state index in [-0.39, 0.29) is 0 Å². The lowest BCUT2D eigenvalue weighted by Gasteiger charge is -2.04. The van der Waals surface area contributed by atoms with Gasteiger partial charge in [-0.3, -0.25) is 0 Å². The van der Waals surface area contributed by atoms with Gasteiger partial charge in [-0.2, -0.15) is 0 Å². The summed E-state index contributed by atoms with van der Waals surface area (Å²) >= 11 is 3.48. The summed E-state index contributed by atoms with van der Waals surface area (Å²) in [5.41, 5.74) is 5.65. The highest BCUT2D eigenvalue weighted by molar-refractivity contribution is 8.00. The molecule has 0 saturated carbocycles. The Morgan fingerprint density at radius 2 is 1.53 bits per heavy atom. The first kappa shape index (κ1) is 12.6. The van der Waals surface area contributed by atoms with Gasteiger partial charge in [0.25, 0.3) is 0 Å². The van der Waals surface area contributed by atoms with Gasteiger partial charge in [0, 0.05) is 6.07 Å². The number of anilines is 1. The summed E-state index contributed by atoms with van der Waals surface area (Å²) in [6.45, 7) is 4.31. The van der Waals surface area contributed by atoms with E-state index in [1.807, 2.05) is 6.07 Å². The first-order chi connectivity index (χ1) is 7.26. The molecule has 0 fully saturated rings. The van der Waals surface area contributed by atoms with E-state index in [2.05, 4.69) is 23.8 Å². The second kappa shape index (κ2) is 6.95. The third-order valence-corrected chi connectivity index (χ3v) is 3.84. The number of hydrogen-bond donors (Lipinski definition) is 1. The fourth-order valence-electron chi connectivity index (χ4n) is 0.982. The molecule has 0 saturated heterocycles. The molecule has 1 heterocycles. The Hall–Kier alpha value is -0.420. The van der Waals surface area contributed by atoms with Crippen LogP contribution in [0.1, 0.15) is 26.7 Å². The minimum Gasteiger partial charge on any atom is -0.368 e. The molecule has 0 amide bonds. The van der Waals surface area contributed by atoms with E-state index in [0.717, 1.165) is 34.4 Å². The Morgan fingerprint density at radius 3 is 1.93 bits per heavy atom. The minimum atomic E-state index is 0.384. The van der Waals surface area contributed by atoms with Crippen LogP contribution in [-0.4, -0.2) is 21.5 Å². The van der Waals surface area contributed by atoms with Gasteiger partial charge in [0.05, 0.1) is 0 Å². The van der Waals surface area contributed by atoms with Crippen molar-refractivity contribution in [3.63, 3.8) is 0 Å². The van der Waals surface area contributed by atoms with Crippen LogP contribution in [-0.2, 0) is 0 Å². The SMILES string of the molecule is CCCSc1cc(SCCC)nc(N)n1. The third kappa shape index (κ3) is 4.75. The molecule has 0 bridgehead atoms. The maximum absolute atomic E-state index is 5.65. The number of nitrogens with zero attached hydrogens (tertiary/aromatic N) is 2. The standard InChI is InChI=1S/C10H17N3S2/c1-3-5-14-8-7-9(15-6-4-2)13-10(11)12-8/h7H,3-6H2,1-2H3,(H2,11,12,13). The molecule has 5 heteroatoms. The monoisotopic (exact) mass is 243 g/mol. The smallest absolute Gasteiger partial charge is 0.222 e. The van der Waals surface area contributed by atoms with E-state index in [4.69, 9.17) is 5.73 Å². The summed E-state index contributed by atoms with van der Waals surface area (Å²) < 4.78 is 0. The zero-order valence-electron chi connectivity index (χ0n) is 9.19. The quantitative estimate of drug-likeness (QED) is 0.614. The minimum absolute atomic E-state index is 0.384. The van der Waals surface area contributed by atoms with Crippen LogP contribution in [0.4, 0.5) is 5.95 Å². The molecule has 0 aliphatic carbocycles. The van der Waals surface area contributed by atoms with Gasteiger partial charge in [-0.05, 0) is 24.3 Å². The molecule has 0 radical (unpaired) electrons. The van der Waals surface area contributed by atoms with E-state index >= 15 is 0 Å². The fourth-order valence-corrected chi connectivity index (χ4v) is 2.59. The fraction of sp³-hybridized carbons (Fsp3) is 0.600. The number of aromatic nitrogens is 2. The Labute approximate surface area is 99.6 Å². The predicted octanol–water partition coefficient (Wildman–Crippen LogP) is 3.06. The Morgan fingerprint density at radius 1 is 1.07 bits per heavy atom. The first-order valence-electron chi connectivity index (χ1n) is 5.16. The zero-order valence-corrected chi connectivity index (χ0v) is 10.8. The number of rotatable bonds is 6. The highest BCUT2D eigenvalue weighted by Crippen LogP contribution is 2.23. The Kier molecular flexibility index (Phi) is 5.86. The van der Waals surface area contributed by atoms with Crippen LogP contribution in [0.3, 0.4) is 0 Å². The van der Waals surface area contributed by atoms with Crippen LogP contribution >= 0.6 is 23.5 Å². The van der Waals surface area contributed by atoms with Gasteiger partial charge in [0.2, 0.25) is 5.95 Å². The maximum Gasteiger partial charge on any atom is 0.222 e.